The third kappa shape index (κ3) is 4.93. The Balaban J connectivity index is 1.91. The number of hydrogen-bond acceptors (Lipinski definition) is 6. The molecule has 0 unspecified atom stereocenters. The molecular weight excluding hydrogens is 412 g/mol. The van der Waals surface area contributed by atoms with Gasteiger partial charge in [0.05, 0.1) is 22.2 Å². The van der Waals surface area contributed by atoms with Gasteiger partial charge in [0.2, 0.25) is 0 Å². The Morgan fingerprint density at radius 2 is 2.00 bits per heavy atom. The second-order valence-corrected chi connectivity index (χ2v) is 9.18. The van der Waals surface area contributed by atoms with Crippen LogP contribution < -0.4 is 14.3 Å². The highest BCUT2D eigenvalue weighted by Crippen LogP contribution is 2.22. The standard InChI is InChI=1S/C20H20N2O5S2/c1-4-10-22-17-9-8-16(29(3,24)25)12-18(17)28-20(22)21-19(23)13-27-15-7-5-6-14(11-15)26-2/h4-9,11-12H,1,10,13H2,2-3H3. The van der Waals surface area contributed by atoms with Crippen molar-refractivity contribution in [3.63, 3.8) is 0 Å². The number of carbonyl (C=O) groups is 1. The van der Waals surface area contributed by atoms with Gasteiger partial charge in [-0.25, -0.2) is 8.42 Å². The van der Waals surface area contributed by atoms with Crippen LogP contribution in [0, 0.1) is 0 Å². The molecule has 0 aliphatic carbocycles. The summed E-state index contributed by atoms with van der Waals surface area (Å²) in [6.45, 7) is 3.94. The number of ether oxygens (including phenoxy) is 2. The molecule has 29 heavy (non-hydrogen) atoms. The summed E-state index contributed by atoms with van der Waals surface area (Å²) in [5, 5.41) is 0. The quantitative estimate of drug-likeness (QED) is 0.536. The normalized spacial score (nSPS) is 12.1. The average molecular weight is 433 g/mol. The van der Waals surface area contributed by atoms with Gasteiger partial charge in [0.1, 0.15) is 11.5 Å². The molecule has 1 amide bonds. The van der Waals surface area contributed by atoms with Gasteiger partial charge in [-0.2, -0.15) is 4.99 Å². The maximum absolute atomic E-state index is 12.3. The van der Waals surface area contributed by atoms with Crippen molar-refractivity contribution in [2.75, 3.05) is 20.0 Å². The lowest BCUT2D eigenvalue weighted by molar-refractivity contribution is -0.120. The lowest BCUT2D eigenvalue weighted by Gasteiger charge is -2.05. The van der Waals surface area contributed by atoms with E-state index in [1.807, 2.05) is 4.57 Å². The molecule has 9 heteroatoms. The summed E-state index contributed by atoms with van der Waals surface area (Å²) in [6, 6.07) is 11.8. The number of carbonyl (C=O) groups excluding carboxylic acids is 1. The van der Waals surface area contributed by atoms with Gasteiger partial charge in [0, 0.05) is 18.9 Å². The molecule has 0 N–H and O–H groups in total. The first-order valence-electron chi connectivity index (χ1n) is 8.60. The number of benzene rings is 2. The van der Waals surface area contributed by atoms with E-state index < -0.39 is 15.7 Å². The molecule has 0 saturated carbocycles. The van der Waals surface area contributed by atoms with E-state index in [0.717, 1.165) is 16.5 Å². The summed E-state index contributed by atoms with van der Waals surface area (Å²) in [5.74, 6) is 0.670. The van der Waals surface area contributed by atoms with Crippen molar-refractivity contribution in [3.8, 4) is 11.5 Å². The number of methoxy groups -OCH3 is 1. The first-order valence-corrected chi connectivity index (χ1v) is 11.3. The van der Waals surface area contributed by atoms with Crippen LogP contribution in [-0.2, 0) is 21.2 Å². The second kappa shape index (κ2) is 8.62. The highest BCUT2D eigenvalue weighted by atomic mass is 32.2. The topological polar surface area (TPSA) is 87.0 Å². The number of thiazole rings is 1. The van der Waals surface area contributed by atoms with Crippen molar-refractivity contribution in [2.24, 2.45) is 4.99 Å². The predicted octanol–water partition coefficient (Wildman–Crippen LogP) is 2.81. The fourth-order valence-electron chi connectivity index (χ4n) is 2.65. The highest BCUT2D eigenvalue weighted by molar-refractivity contribution is 7.90. The molecule has 1 heterocycles. The number of amides is 1. The Labute approximate surface area is 172 Å². The highest BCUT2D eigenvalue weighted by Gasteiger charge is 2.12. The zero-order valence-corrected chi connectivity index (χ0v) is 17.6. The molecule has 152 valence electrons. The van der Waals surface area contributed by atoms with E-state index in [1.165, 1.54) is 11.3 Å². The maximum Gasteiger partial charge on any atom is 0.286 e. The number of hydrogen-bond donors (Lipinski definition) is 0. The van der Waals surface area contributed by atoms with Gasteiger partial charge in [-0.15, -0.1) is 6.58 Å². The third-order valence-electron chi connectivity index (χ3n) is 4.02. The molecule has 0 radical (unpaired) electrons. The molecule has 0 bridgehead atoms. The van der Waals surface area contributed by atoms with E-state index in [1.54, 1.807) is 55.7 Å². The molecule has 0 aliphatic heterocycles. The van der Waals surface area contributed by atoms with E-state index in [2.05, 4.69) is 11.6 Å². The fourth-order valence-corrected chi connectivity index (χ4v) is 4.47. The monoisotopic (exact) mass is 432 g/mol. The van der Waals surface area contributed by atoms with Gasteiger partial charge in [-0.1, -0.05) is 23.5 Å². The minimum atomic E-state index is -3.33. The molecule has 1 aromatic heterocycles. The predicted molar refractivity (Wildman–Crippen MR) is 112 cm³/mol. The Morgan fingerprint density at radius 1 is 1.24 bits per heavy atom. The molecule has 3 rings (SSSR count). The van der Waals surface area contributed by atoms with Crippen molar-refractivity contribution < 1.29 is 22.7 Å². The van der Waals surface area contributed by atoms with Gasteiger partial charge in [0.25, 0.3) is 5.91 Å². The van der Waals surface area contributed by atoms with Crippen LogP contribution in [0.4, 0.5) is 0 Å². The summed E-state index contributed by atoms with van der Waals surface area (Å²) in [5.41, 5.74) is 0.780. The Kier molecular flexibility index (Phi) is 6.19. The van der Waals surface area contributed by atoms with Crippen molar-refractivity contribution in [2.45, 2.75) is 11.4 Å². The van der Waals surface area contributed by atoms with Crippen LogP contribution in [-0.4, -0.2) is 38.9 Å². The van der Waals surface area contributed by atoms with Crippen molar-refractivity contribution in [1.82, 2.24) is 4.57 Å². The fraction of sp³-hybridized carbons (Fsp3) is 0.200. The van der Waals surface area contributed by atoms with Crippen LogP contribution in [0.1, 0.15) is 0 Å². The summed E-state index contributed by atoms with van der Waals surface area (Å²) in [6.07, 6.45) is 2.84. The van der Waals surface area contributed by atoms with Crippen LogP contribution in [0.15, 0.2) is 65.0 Å². The largest absolute Gasteiger partial charge is 0.497 e. The van der Waals surface area contributed by atoms with Crippen molar-refractivity contribution >= 4 is 37.3 Å². The smallest absolute Gasteiger partial charge is 0.286 e. The first-order chi connectivity index (χ1) is 13.8. The number of fused-ring (bicyclic) bond motifs is 1. The number of rotatable bonds is 7. The summed E-state index contributed by atoms with van der Waals surface area (Å²) < 4.78 is 36.8. The van der Waals surface area contributed by atoms with Crippen LogP contribution in [0.25, 0.3) is 10.2 Å². The SMILES string of the molecule is C=CCn1c(=NC(=O)COc2cccc(OC)c2)sc2cc(S(C)(=O)=O)ccc21. The Hall–Kier alpha value is -2.91. The van der Waals surface area contributed by atoms with Gasteiger partial charge < -0.3 is 14.0 Å². The second-order valence-electron chi connectivity index (χ2n) is 6.16. The van der Waals surface area contributed by atoms with E-state index in [-0.39, 0.29) is 11.5 Å². The van der Waals surface area contributed by atoms with E-state index in [0.29, 0.717) is 22.8 Å². The lowest BCUT2D eigenvalue weighted by Crippen LogP contribution is -2.19. The van der Waals surface area contributed by atoms with E-state index in [4.69, 9.17) is 9.47 Å². The van der Waals surface area contributed by atoms with Crippen LogP contribution in [0.5, 0.6) is 11.5 Å². The molecule has 2 aromatic carbocycles. The Bertz CT molecular complexity index is 1240. The molecule has 0 spiro atoms. The van der Waals surface area contributed by atoms with Crippen molar-refractivity contribution in [1.29, 1.82) is 0 Å². The van der Waals surface area contributed by atoms with Gasteiger partial charge >= 0.3 is 0 Å². The molecule has 7 nitrogen and oxygen atoms in total. The Morgan fingerprint density at radius 3 is 2.69 bits per heavy atom. The minimum absolute atomic E-state index is 0.219. The third-order valence-corrected chi connectivity index (χ3v) is 6.17. The molecule has 0 atom stereocenters. The number of aromatic nitrogens is 1. The molecule has 3 aromatic rings. The summed E-state index contributed by atoms with van der Waals surface area (Å²) >= 11 is 1.24. The zero-order chi connectivity index (χ0) is 21.0. The van der Waals surface area contributed by atoms with Crippen LogP contribution in [0.3, 0.4) is 0 Å². The van der Waals surface area contributed by atoms with Crippen LogP contribution in [0.2, 0.25) is 0 Å². The molecule has 0 saturated heterocycles. The minimum Gasteiger partial charge on any atom is -0.497 e. The van der Waals surface area contributed by atoms with Gasteiger partial charge in [-0.05, 0) is 30.3 Å². The van der Waals surface area contributed by atoms with Crippen LogP contribution >= 0.6 is 11.3 Å². The van der Waals surface area contributed by atoms with E-state index >= 15 is 0 Å². The maximum atomic E-state index is 12.3. The summed E-state index contributed by atoms with van der Waals surface area (Å²) in [4.78, 5) is 17.2. The van der Waals surface area contributed by atoms with E-state index in [9.17, 15) is 13.2 Å². The number of sulfone groups is 1. The lowest BCUT2D eigenvalue weighted by atomic mass is 10.3. The summed E-state index contributed by atoms with van der Waals surface area (Å²) in [7, 11) is -1.78. The van der Waals surface area contributed by atoms with Gasteiger partial charge in [0.15, 0.2) is 21.2 Å². The molecular formula is C20H20N2O5S2. The zero-order valence-electron chi connectivity index (χ0n) is 16.0. The van der Waals surface area contributed by atoms with Gasteiger partial charge in [-0.3, -0.25) is 4.79 Å². The molecule has 0 aliphatic rings. The van der Waals surface area contributed by atoms with Crippen molar-refractivity contribution in [3.05, 3.63) is 59.9 Å². The number of nitrogens with zero attached hydrogens (tertiary/aromatic N) is 2. The average Bonchev–Trinajstić information content (AvgIpc) is 3.02. The molecule has 0 fully saturated rings. The number of allylic oxidation sites excluding steroid dienone is 1. The first kappa shape index (κ1) is 20.8.